The number of nitrogens with zero attached hydrogens (tertiary/aromatic N) is 1. The third kappa shape index (κ3) is 3.44. The minimum atomic E-state index is -0.259. The van der Waals surface area contributed by atoms with E-state index < -0.39 is 0 Å². The molecule has 0 amide bonds. The van der Waals surface area contributed by atoms with Gasteiger partial charge in [-0.2, -0.15) is 0 Å². The smallest absolute Gasteiger partial charge is 0.123 e. The first kappa shape index (κ1) is 16.5. The Hall–Kier alpha value is -2.31. The van der Waals surface area contributed by atoms with Crippen molar-refractivity contribution in [3.63, 3.8) is 0 Å². The van der Waals surface area contributed by atoms with E-state index in [4.69, 9.17) is 6.42 Å². The van der Waals surface area contributed by atoms with Crippen LogP contribution in [0.25, 0.3) is 0 Å². The lowest BCUT2D eigenvalue weighted by Gasteiger charge is -2.36. The Morgan fingerprint density at radius 3 is 2.29 bits per heavy atom. The molecule has 0 aromatic heterocycles. The van der Waals surface area contributed by atoms with E-state index in [1.165, 1.54) is 18.6 Å². The fourth-order valence-electron chi connectivity index (χ4n) is 3.43. The number of aliphatic hydroxyl groups excluding tert-OH is 1. The lowest BCUT2D eigenvalue weighted by molar-refractivity contribution is 0.240. The summed E-state index contributed by atoms with van der Waals surface area (Å²) in [6.07, 6.45) is 9.06. The fraction of sp³-hybridized carbons (Fsp3) is 0.333. The molecule has 1 fully saturated rings. The molecule has 3 rings (SSSR count). The second kappa shape index (κ2) is 7.51. The van der Waals surface area contributed by atoms with Crippen LogP contribution in [0.3, 0.4) is 0 Å². The van der Waals surface area contributed by atoms with E-state index in [0.29, 0.717) is 0 Å². The van der Waals surface area contributed by atoms with Gasteiger partial charge in [-0.25, -0.2) is 4.39 Å². The summed E-state index contributed by atoms with van der Waals surface area (Å²) < 4.78 is 13.1. The monoisotopic (exact) mass is 323 g/mol. The molecular formula is C21H22FNO. The molecule has 1 aliphatic heterocycles. The van der Waals surface area contributed by atoms with Gasteiger partial charge in [-0.15, -0.1) is 6.42 Å². The molecule has 2 atom stereocenters. The van der Waals surface area contributed by atoms with Crippen LogP contribution in [0.1, 0.15) is 36.3 Å². The Morgan fingerprint density at radius 1 is 1.08 bits per heavy atom. The fourth-order valence-corrected chi connectivity index (χ4v) is 3.43. The van der Waals surface area contributed by atoms with Crippen molar-refractivity contribution >= 4 is 5.69 Å². The molecule has 124 valence electrons. The van der Waals surface area contributed by atoms with Gasteiger partial charge < -0.3 is 10.0 Å². The molecule has 2 unspecified atom stereocenters. The molecule has 2 aromatic rings. The third-order valence-corrected chi connectivity index (χ3v) is 4.77. The van der Waals surface area contributed by atoms with Gasteiger partial charge in [0.1, 0.15) is 5.82 Å². The molecule has 3 heteroatoms. The maximum absolute atomic E-state index is 13.1. The molecule has 0 aliphatic carbocycles. The second-order valence-electron chi connectivity index (χ2n) is 6.27. The quantitative estimate of drug-likeness (QED) is 0.862. The summed E-state index contributed by atoms with van der Waals surface area (Å²) in [4.78, 5) is 2.27. The van der Waals surface area contributed by atoms with E-state index in [2.05, 4.69) is 23.0 Å². The SMILES string of the molecule is C#CC(c1ccc(F)cc1)c1ccc(N2CCCCC2CO)cc1. The van der Waals surface area contributed by atoms with Crippen LogP contribution in [0, 0.1) is 18.2 Å². The minimum Gasteiger partial charge on any atom is -0.394 e. The zero-order chi connectivity index (χ0) is 16.9. The first-order valence-electron chi connectivity index (χ1n) is 8.42. The number of hydrogen-bond acceptors (Lipinski definition) is 2. The van der Waals surface area contributed by atoms with Gasteiger partial charge in [-0.3, -0.25) is 0 Å². The first-order valence-corrected chi connectivity index (χ1v) is 8.42. The van der Waals surface area contributed by atoms with E-state index in [1.54, 1.807) is 12.1 Å². The molecule has 1 aliphatic rings. The lowest BCUT2D eigenvalue weighted by atomic mass is 9.91. The van der Waals surface area contributed by atoms with Gasteiger partial charge in [0.05, 0.1) is 18.6 Å². The van der Waals surface area contributed by atoms with Crippen molar-refractivity contribution in [2.75, 3.05) is 18.1 Å². The Kier molecular flexibility index (Phi) is 5.17. The predicted molar refractivity (Wildman–Crippen MR) is 95.6 cm³/mol. The van der Waals surface area contributed by atoms with E-state index >= 15 is 0 Å². The van der Waals surface area contributed by atoms with E-state index in [0.717, 1.165) is 36.2 Å². The molecule has 1 saturated heterocycles. The van der Waals surface area contributed by atoms with Crippen LogP contribution in [0.2, 0.25) is 0 Å². The summed E-state index contributed by atoms with van der Waals surface area (Å²) in [5.74, 6) is 2.35. The summed E-state index contributed by atoms with van der Waals surface area (Å²) >= 11 is 0. The molecule has 24 heavy (non-hydrogen) atoms. The van der Waals surface area contributed by atoms with Crippen LogP contribution in [0.4, 0.5) is 10.1 Å². The summed E-state index contributed by atoms with van der Waals surface area (Å²) in [6, 6.07) is 14.7. The Balaban J connectivity index is 1.82. The normalized spacial score (nSPS) is 18.9. The highest BCUT2D eigenvalue weighted by molar-refractivity contribution is 5.51. The van der Waals surface area contributed by atoms with Crippen LogP contribution in [-0.4, -0.2) is 24.3 Å². The maximum Gasteiger partial charge on any atom is 0.123 e. The molecule has 1 N–H and O–H groups in total. The topological polar surface area (TPSA) is 23.5 Å². The zero-order valence-corrected chi connectivity index (χ0v) is 13.7. The van der Waals surface area contributed by atoms with Crippen molar-refractivity contribution in [2.24, 2.45) is 0 Å². The van der Waals surface area contributed by atoms with Gasteiger partial charge in [0.25, 0.3) is 0 Å². The van der Waals surface area contributed by atoms with Crippen LogP contribution in [0.15, 0.2) is 48.5 Å². The van der Waals surface area contributed by atoms with Crippen LogP contribution in [-0.2, 0) is 0 Å². The Morgan fingerprint density at radius 2 is 1.71 bits per heavy atom. The average molecular weight is 323 g/mol. The second-order valence-corrected chi connectivity index (χ2v) is 6.27. The lowest BCUT2D eigenvalue weighted by Crippen LogP contribution is -2.41. The number of piperidine rings is 1. The largest absolute Gasteiger partial charge is 0.394 e. The summed E-state index contributed by atoms with van der Waals surface area (Å²) in [7, 11) is 0. The number of aliphatic hydroxyl groups is 1. The summed E-state index contributed by atoms with van der Waals surface area (Å²) in [6.45, 7) is 1.16. The zero-order valence-electron chi connectivity index (χ0n) is 13.7. The van der Waals surface area contributed by atoms with E-state index in [-0.39, 0.29) is 24.4 Å². The van der Waals surface area contributed by atoms with E-state index in [9.17, 15) is 9.50 Å². The number of rotatable bonds is 4. The molecule has 1 heterocycles. The van der Waals surface area contributed by atoms with Gasteiger partial charge in [0, 0.05) is 12.2 Å². The average Bonchev–Trinajstić information content (AvgIpc) is 2.64. The van der Waals surface area contributed by atoms with Crippen molar-refractivity contribution in [1.29, 1.82) is 0 Å². The van der Waals surface area contributed by atoms with Crippen LogP contribution < -0.4 is 4.90 Å². The first-order chi connectivity index (χ1) is 11.7. The highest BCUT2D eigenvalue weighted by Crippen LogP contribution is 2.29. The number of anilines is 1. The molecular weight excluding hydrogens is 301 g/mol. The highest BCUT2D eigenvalue weighted by Gasteiger charge is 2.22. The number of hydrogen-bond donors (Lipinski definition) is 1. The molecule has 0 spiro atoms. The molecule has 0 radical (unpaired) electrons. The summed E-state index contributed by atoms with van der Waals surface area (Å²) in [5.41, 5.74) is 3.05. The number of terminal acetylenes is 1. The highest BCUT2D eigenvalue weighted by atomic mass is 19.1. The maximum atomic E-state index is 13.1. The van der Waals surface area contributed by atoms with Gasteiger partial charge >= 0.3 is 0 Å². The molecule has 2 nitrogen and oxygen atoms in total. The van der Waals surface area contributed by atoms with Crippen molar-refractivity contribution in [1.82, 2.24) is 0 Å². The van der Waals surface area contributed by atoms with Crippen molar-refractivity contribution in [3.05, 3.63) is 65.5 Å². The number of benzene rings is 2. The molecule has 0 saturated carbocycles. The predicted octanol–water partition coefficient (Wildman–Crippen LogP) is 3.94. The van der Waals surface area contributed by atoms with Gasteiger partial charge in [-0.1, -0.05) is 30.2 Å². The van der Waals surface area contributed by atoms with Gasteiger partial charge in [0.15, 0.2) is 0 Å². The van der Waals surface area contributed by atoms with Crippen molar-refractivity contribution < 1.29 is 9.50 Å². The van der Waals surface area contributed by atoms with Gasteiger partial charge in [0.2, 0.25) is 0 Å². The van der Waals surface area contributed by atoms with Crippen molar-refractivity contribution in [2.45, 2.75) is 31.2 Å². The van der Waals surface area contributed by atoms with Gasteiger partial charge in [-0.05, 0) is 54.7 Å². The Bertz CT molecular complexity index is 702. The van der Waals surface area contributed by atoms with Crippen LogP contribution in [0.5, 0.6) is 0 Å². The standard InChI is InChI=1S/C21H22FNO/c1-2-21(16-6-10-18(22)11-7-16)17-8-12-19(13-9-17)23-14-4-3-5-20(23)15-24/h1,6-13,20-21,24H,3-5,14-15H2. The molecule has 0 bridgehead atoms. The third-order valence-electron chi connectivity index (χ3n) is 4.77. The number of halogens is 1. The summed E-state index contributed by atoms with van der Waals surface area (Å²) in [5, 5.41) is 9.58. The molecule has 2 aromatic carbocycles. The van der Waals surface area contributed by atoms with Crippen LogP contribution >= 0.6 is 0 Å². The van der Waals surface area contributed by atoms with Crippen molar-refractivity contribution in [3.8, 4) is 12.3 Å². The van der Waals surface area contributed by atoms with E-state index in [1.807, 2.05) is 12.1 Å². The Labute approximate surface area is 142 Å². The minimum absolute atomic E-state index is 0.185.